The lowest BCUT2D eigenvalue weighted by molar-refractivity contribution is -0.133. The minimum Gasteiger partial charge on any atom is -0.376 e. The average Bonchev–Trinajstić information content (AvgIpc) is 2.78. The molecular weight excluding hydrogens is 204 g/mol. The van der Waals surface area contributed by atoms with Crippen molar-refractivity contribution in [3.63, 3.8) is 0 Å². The highest BCUT2D eigenvalue weighted by Crippen LogP contribution is 2.14. The molecule has 1 heterocycles. The normalized spacial score (nSPS) is 24.1. The highest BCUT2D eigenvalue weighted by atomic mass is 16.5. The maximum absolute atomic E-state index is 12.0. The fourth-order valence-corrected chi connectivity index (χ4v) is 1.94. The average molecular weight is 228 g/mol. The Morgan fingerprint density at radius 3 is 2.81 bits per heavy atom. The number of ether oxygens (including phenoxy) is 1. The molecule has 0 aliphatic carbocycles. The van der Waals surface area contributed by atoms with Gasteiger partial charge in [0.25, 0.3) is 0 Å². The molecule has 1 fully saturated rings. The van der Waals surface area contributed by atoms with Crippen LogP contribution in [0.15, 0.2) is 0 Å². The third-order valence-corrected chi connectivity index (χ3v) is 3.42. The first-order valence-electron chi connectivity index (χ1n) is 6.18. The summed E-state index contributed by atoms with van der Waals surface area (Å²) in [5.41, 5.74) is 5.91. The van der Waals surface area contributed by atoms with Crippen LogP contribution in [0.5, 0.6) is 0 Å². The van der Waals surface area contributed by atoms with E-state index in [4.69, 9.17) is 10.5 Å². The summed E-state index contributed by atoms with van der Waals surface area (Å²) in [6.07, 6.45) is 3.29. The molecule has 1 aliphatic rings. The summed E-state index contributed by atoms with van der Waals surface area (Å²) in [6, 6.07) is -0.378. The Labute approximate surface area is 98.1 Å². The second-order valence-electron chi connectivity index (χ2n) is 4.77. The molecule has 0 bridgehead atoms. The fraction of sp³-hybridized carbons (Fsp3) is 0.917. The van der Waals surface area contributed by atoms with Crippen molar-refractivity contribution in [2.45, 2.75) is 45.3 Å². The first-order valence-corrected chi connectivity index (χ1v) is 6.18. The molecule has 1 aliphatic heterocycles. The monoisotopic (exact) mass is 228 g/mol. The molecule has 3 unspecified atom stereocenters. The van der Waals surface area contributed by atoms with Gasteiger partial charge >= 0.3 is 0 Å². The largest absolute Gasteiger partial charge is 0.376 e. The summed E-state index contributed by atoms with van der Waals surface area (Å²) in [5.74, 6) is 0.268. The summed E-state index contributed by atoms with van der Waals surface area (Å²) in [5, 5.41) is 0. The van der Waals surface area contributed by atoms with E-state index in [-0.39, 0.29) is 24.0 Å². The molecule has 3 atom stereocenters. The molecule has 2 N–H and O–H groups in total. The zero-order chi connectivity index (χ0) is 12.1. The van der Waals surface area contributed by atoms with Gasteiger partial charge in [-0.15, -0.1) is 0 Å². The number of nitrogens with zero attached hydrogens (tertiary/aromatic N) is 1. The molecule has 4 heteroatoms. The second-order valence-corrected chi connectivity index (χ2v) is 4.77. The van der Waals surface area contributed by atoms with Crippen LogP contribution in [0.2, 0.25) is 0 Å². The third kappa shape index (κ3) is 3.46. The fourth-order valence-electron chi connectivity index (χ4n) is 1.94. The van der Waals surface area contributed by atoms with Crippen LogP contribution in [0.4, 0.5) is 0 Å². The van der Waals surface area contributed by atoms with Crippen molar-refractivity contribution in [3.05, 3.63) is 0 Å². The zero-order valence-corrected chi connectivity index (χ0v) is 10.6. The highest BCUT2D eigenvalue weighted by Gasteiger charge is 2.25. The van der Waals surface area contributed by atoms with Gasteiger partial charge in [-0.25, -0.2) is 0 Å². The smallest absolute Gasteiger partial charge is 0.239 e. The van der Waals surface area contributed by atoms with Crippen LogP contribution in [0.1, 0.15) is 33.1 Å². The SMILES string of the molecule is CCC(C)C(N)C(=O)N(C)CC1CCCO1. The topological polar surface area (TPSA) is 55.6 Å². The Balaban J connectivity index is 2.39. The van der Waals surface area contributed by atoms with Crippen LogP contribution >= 0.6 is 0 Å². The van der Waals surface area contributed by atoms with E-state index in [0.717, 1.165) is 25.9 Å². The Bertz CT molecular complexity index is 227. The molecule has 1 rings (SSSR count). The van der Waals surface area contributed by atoms with Gasteiger partial charge in [0.1, 0.15) is 0 Å². The Morgan fingerprint density at radius 1 is 1.62 bits per heavy atom. The van der Waals surface area contributed by atoms with Gasteiger partial charge in [0.15, 0.2) is 0 Å². The maximum Gasteiger partial charge on any atom is 0.239 e. The molecule has 4 nitrogen and oxygen atoms in total. The number of hydrogen-bond acceptors (Lipinski definition) is 3. The van der Waals surface area contributed by atoms with Crippen LogP contribution in [0, 0.1) is 5.92 Å². The molecule has 0 aromatic heterocycles. The zero-order valence-electron chi connectivity index (χ0n) is 10.6. The molecule has 0 aromatic rings. The number of rotatable bonds is 5. The summed E-state index contributed by atoms with van der Waals surface area (Å²) in [6.45, 7) is 5.56. The van der Waals surface area contributed by atoms with Crippen molar-refractivity contribution in [3.8, 4) is 0 Å². The van der Waals surface area contributed by atoms with Crippen molar-refractivity contribution in [1.82, 2.24) is 4.90 Å². The molecule has 0 aromatic carbocycles. The van der Waals surface area contributed by atoms with Crippen molar-refractivity contribution in [2.24, 2.45) is 11.7 Å². The van der Waals surface area contributed by atoms with Crippen LogP contribution in [0.3, 0.4) is 0 Å². The van der Waals surface area contributed by atoms with E-state index >= 15 is 0 Å². The lowest BCUT2D eigenvalue weighted by atomic mass is 9.99. The number of likely N-dealkylation sites (N-methyl/N-ethyl adjacent to an activating group) is 1. The van der Waals surface area contributed by atoms with E-state index in [1.165, 1.54) is 0 Å². The molecule has 0 saturated carbocycles. The number of hydrogen-bond donors (Lipinski definition) is 1. The van der Waals surface area contributed by atoms with Gasteiger partial charge in [-0.3, -0.25) is 4.79 Å². The first-order chi connectivity index (χ1) is 7.56. The van der Waals surface area contributed by atoms with Gasteiger partial charge in [-0.2, -0.15) is 0 Å². The van der Waals surface area contributed by atoms with Crippen molar-refractivity contribution in [2.75, 3.05) is 20.2 Å². The van der Waals surface area contributed by atoms with Crippen LogP contribution < -0.4 is 5.73 Å². The van der Waals surface area contributed by atoms with Gasteiger partial charge in [0.2, 0.25) is 5.91 Å². The van der Waals surface area contributed by atoms with E-state index in [9.17, 15) is 4.79 Å². The van der Waals surface area contributed by atoms with Crippen LogP contribution in [0.25, 0.3) is 0 Å². The van der Waals surface area contributed by atoms with E-state index < -0.39 is 0 Å². The molecule has 1 saturated heterocycles. The summed E-state index contributed by atoms with van der Waals surface area (Å²) < 4.78 is 5.51. The van der Waals surface area contributed by atoms with Gasteiger partial charge in [-0.1, -0.05) is 20.3 Å². The van der Waals surface area contributed by atoms with Crippen LogP contribution in [-0.4, -0.2) is 43.2 Å². The van der Waals surface area contributed by atoms with Gasteiger partial charge in [-0.05, 0) is 18.8 Å². The van der Waals surface area contributed by atoms with E-state index in [2.05, 4.69) is 6.92 Å². The first kappa shape index (κ1) is 13.5. The van der Waals surface area contributed by atoms with Crippen molar-refractivity contribution in [1.29, 1.82) is 0 Å². The number of carbonyl (C=O) groups is 1. The van der Waals surface area contributed by atoms with Crippen molar-refractivity contribution < 1.29 is 9.53 Å². The third-order valence-electron chi connectivity index (χ3n) is 3.42. The van der Waals surface area contributed by atoms with Crippen molar-refractivity contribution >= 4 is 5.91 Å². The molecular formula is C12H24N2O2. The summed E-state index contributed by atoms with van der Waals surface area (Å²) >= 11 is 0. The maximum atomic E-state index is 12.0. The number of carbonyl (C=O) groups excluding carboxylic acids is 1. The minimum atomic E-state index is -0.378. The molecule has 1 amide bonds. The molecule has 0 radical (unpaired) electrons. The predicted molar refractivity (Wildman–Crippen MR) is 64.0 cm³/mol. The summed E-state index contributed by atoms with van der Waals surface area (Å²) in [4.78, 5) is 13.7. The lowest BCUT2D eigenvalue weighted by Crippen LogP contribution is -2.47. The van der Waals surface area contributed by atoms with Gasteiger partial charge in [0, 0.05) is 20.2 Å². The lowest BCUT2D eigenvalue weighted by Gasteiger charge is -2.26. The standard InChI is InChI=1S/C12H24N2O2/c1-4-9(2)11(13)12(15)14(3)8-10-6-5-7-16-10/h9-11H,4-8,13H2,1-3H3. The van der Waals surface area contributed by atoms with Crippen LogP contribution in [-0.2, 0) is 9.53 Å². The Morgan fingerprint density at radius 2 is 2.31 bits per heavy atom. The van der Waals surface area contributed by atoms with E-state index in [0.29, 0.717) is 6.54 Å². The van der Waals surface area contributed by atoms with Gasteiger partial charge in [0.05, 0.1) is 12.1 Å². The number of amides is 1. The highest BCUT2D eigenvalue weighted by molar-refractivity contribution is 5.81. The van der Waals surface area contributed by atoms with E-state index in [1.54, 1.807) is 4.90 Å². The van der Waals surface area contributed by atoms with Gasteiger partial charge < -0.3 is 15.4 Å². The van der Waals surface area contributed by atoms with E-state index in [1.807, 2.05) is 14.0 Å². The second kappa shape index (κ2) is 6.21. The summed E-state index contributed by atoms with van der Waals surface area (Å²) in [7, 11) is 1.81. The Kier molecular flexibility index (Phi) is 5.22. The quantitative estimate of drug-likeness (QED) is 0.763. The molecule has 94 valence electrons. The minimum absolute atomic E-state index is 0.0323. The predicted octanol–water partition coefficient (Wildman–Crippen LogP) is 0.997. The number of nitrogens with two attached hydrogens (primary N) is 1. The Hall–Kier alpha value is -0.610. The molecule has 0 spiro atoms. The molecule has 16 heavy (non-hydrogen) atoms.